The molecule has 0 aliphatic heterocycles. The van der Waals surface area contributed by atoms with Crippen LogP contribution in [0.2, 0.25) is 0 Å². The van der Waals surface area contributed by atoms with E-state index in [1.54, 1.807) is 85.7 Å². The minimum atomic E-state index is -4.05. The highest BCUT2D eigenvalue weighted by Gasteiger charge is 2.33. The monoisotopic (exact) mass is 1340 g/mol. The summed E-state index contributed by atoms with van der Waals surface area (Å²) in [5, 5.41) is 1.68. The van der Waals surface area contributed by atoms with Gasteiger partial charge >= 0.3 is 35.8 Å². The molecule has 6 aromatic carbocycles. The fourth-order valence-corrected chi connectivity index (χ4v) is 11.2. The lowest BCUT2D eigenvalue weighted by Crippen LogP contribution is -2.35. The van der Waals surface area contributed by atoms with Gasteiger partial charge < -0.3 is 42.6 Å². The second kappa shape index (κ2) is 32.3. The number of carbonyl (C=O) groups excluding carboxylic acids is 8. The van der Waals surface area contributed by atoms with E-state index >= 15 is 0 Å². The van der Waals surface area contributed by atoms with Crippen LogP contribution in [0.5, 0.6) is 51.7 Å². The molecule has 0 aliphatic rings. The van der Waals surface area contributed by atoms with Gasteiger partial charge in [0.15, 0.2) is 34.5 Å². The molecule has 0 spiro atoms. The number of nitrogens with one attached hydrogen (secondary N) is 1. The van der Waals surface area contributed by atoms with Gasteiger partial charge in [-0.25, -0.2) is 33.9 Å². The number of amides is 2. The second-order valence-corrected chi connectivity index (χ2v) is 26.3. The van der Waals surface area contributed by atoms with E-state index in [-0.39, 0.29) is 130 Å². The topological polar surface area (TPSA) is 341 Å². The normalized spacial score (nSPS) is 11.3. The summed E-state index contributed by atoms with van der Waals surface area (Å²) in [5.74, 6) is -5.01. The summed E-state index contributed by atoms with van der Waals surface area (Å²) in [6, 6.07) is 18.3. The van der Waals surface area contributed by atoms with Crippen molar-refractivity contribution in [2.45, 2.75) is 147 Å². The first-order valence-electron chi connectivity index (χ1n) is 28.8. The second-order valence-electron chi connectivity index (χ2n) is 20.9. The van der Waals surface area contributed by atoms with E-state index in [0.717, 1.165) is 39.5 Å². The Morgan fingerprint density at radius 2 is 0.739 bits per heavy atom. The standard InChI is InChI=1S/C23H29NO8S.C20H23NO8S.C20H25NO7S/c1-7-19(25)24(33(6,28)29)16-12-10-11-15-17(30-14(4)5)13-18(31-20(26)8-2)23(22(15)16)32-21(27)9-3;1-11(2)27-17-10-18(28-13(4)23)20(29-14(5)24)19-15(17)8-7-9-16(19)21(12(3)22)30(6,25)26;1-6-17(22)27-16-11-15(26-12(3)4)13-9-8-10-14(21-29(5,24)25)19(13)20(16)28-18(23)7-2/h10-14H,7-9H2,1-6H3;7-11H,1-6H3;8-12,21H,6-7H2,1-5H3. The zero-order valence-electron chi connectivity index (χ0n) is 54.2. The van der Waals surface area contributed by atoms with Crippen LogP contribution in [0.25, 0.3) is 32.3 Å². The van der Waals surface area contributed by atoms with Crippen molar-refractivity contribution >= 4 is 127 Å². The number of benzene rings is 6. The Morgan fingerprint density at radius 1 is 0.413 bits per heavy atom. The molecule has 26 nitrogen and oxygen atoms in total. The van der Waals surface area contributed by atoms with Gasteiger partial charge in [0.2, 0.25) is 41.9 Å². The molecule has 0 aliphatic carbocycles. The van der Waals surface area contributed by atoms with E-state index in [2.05, 4.69) is 4.72 Å². The minimum absolute atomic E-state index is 0.0126. The van der Waals surface area contributed by atoms with E-state index in [0.29, 0.717) is 30.5 Å². The predicted octanol–water partition coefficient (Wildman–Crippen LogP) is 10.4. The molecule has 92 heavy (non-hydrogen) atoms. The van der Waals surface area contributed by atoms with Crippen LogP contribution >= 0.6 is 0 Å². The van der Waals surface area contributed by atoms with Crippen LogP contribution in [0.15, 0.2) is 72.8 Å². The molecule has 0 bridgehead atoms. The van der Waals surface area contributed by atoms with Crippen LogP contribution in [-0.4, -0.2) is 110 Å². The number of rotatable bonds is 23. The molecular weight excluding hydrogens is 1260 g/mol. The molecule has 0 aromatic heterocycles. The number of anilines is 3. The highest BCUT2D eigenvalue weighted by atomic mass is 32.2. The zero-order valence-corrected chi connectivity index (χ0v) is 56.7. The molecule has 6 aromatic rings. The molecule has 6 rings (SSSR count). The number of hydrogen-bond acceptors (Lipinski definition) is 23. The lowest BCUT2D eigenvalue weighted by atomic mass is 10.0. The first-order valence-corrected chi connectivity index (χ1v) is 34.4. The first-order chi connectivity index (χ1) is 42.8. The van der Waals surface area contributed by atoms with E-state index in [1.165, 1.54) is 49.4 Å². The molecule has 29 heteroatoms. The summed E-state index contributed by atoms with van der Waals surface area (Å²) >= 11 is 0. The third kappa shape index (κ3) is 20.2. The first kappa shape index (κ1) is 75.4. The van der Waals surface area contributed by atoms with Gasteiger partial charge in [-0.1, -0.05) is 71.0 Å². The van der Waals surface area contributed by atoms with Crippen LogP contribution < -0.4 is 56.0 Å². The average Bonchev–Trinajstić information content (AvgIpc) is 0.767. The van der Waals surface area contributed by atoms with Crippen molar-refractivity contribution in [2.75, 3.05) is 32.1 Å². The third-order valence-electron chi connectivity index (χ3n) is 11.9. The van der Waals surface area contributed by atoms with E-state index in [4.69, 9.17) is 42.6 Å². The maximum Gasteiger partial charge on any atom is 0.311 e. The van der Waals surface area contributed by atoms with Crippen LogP contribution in [0.4, 0.5) is 17.1 Å². The summed E-state index contributed by atoms with van der Waals surface area (Å²) in [6.07, 6.45) is 2.18. The van der Waals surface area contributed by atoms with Gasteiger partial charge in [-0.2, -0.15) is 0 Å². The highest BCUT2D eigenvalue weighted by Crippen LogP contribution is 2.50. The lowest BCUT2D eigenvalue weighted by Gasteiger charge is -2.24. The van der Waals surface area contributed by atoms with Crippen molar-refractivity contribution in [2.24, 2.45) is 0 Å². The van der Waals surface area contributed by atoms with Crippen LogP contribution in [-0.2, 0) is 68.4 Å². The molecule has 0 saturated carbocycles. The number of carbonyl (C=O) groups is 8. The van der Waals surface area contributed by atoms with Crippen LogP contribution in [0, 0.1) is 0 Å². The van der Waals surface area contributed by atoms with Gasteiger partial charge in [-0.3, -0.25) is 43.1 Å². The summed E-state index contributed by atoms with van der Waals surface area (Å²) in [4.78, 5) is 96.7. The fraction of sp³-hybridized carbons (Fsp3) is 0.397. The number of esters is 6. The summed E-state index contributed by atoms with van der Waals surface area (Å²) < 4.78 is 127. The van der Waals surface area contributed by atoms with Crippen molar-refractivity contribution in [1.82, 2.24) is 0 Å². The average molecular weight is 1340 g/mol. The van der Waals surface area contributed by atoms with Crippen LogP contribution in [0.3, 0.4) is 0 Å². The molecule has 0 atom stereocenters. The molecule has 0 heterocycles. The molecule has 2 amide bonds. The lowest BCUT2D eigenvalue weighted by molar-refractivity contribution is -0.136. The Kier molecular flexibility index (Phi) is 26.4. The fourth-order valence-electron chi connectivity index (χ4n) is 8.62. The number of ether oxygens (including phenoxy) is 9. The molecule has 0 fully saturated rings. The summed E-state index contributed by atoms with van der Waals surface area (Å²) in [7, 11) is -11.7. The Hall–Kier alpha value is -9.09. The van der Waals surface area contributed by atoms with Gasteiger partial charge in [0.1, 0.15) is 17.2 Å². The van der Waals surface area contributed by atoms with Crippen molar-refractivity contribution in [3.63, 3.8) is 0 Å². The number of fused-ring (bicyclic) bond motifs is 3. The van der Waals surface area contributed by atoms with Gasteiger partial charge in [0.05, 0.1) is 70.3 Å². The van der Waals surface area contributed by atoms with Gasteiger partial charge in [-0.15, -0.1) is 0 Å². The molecule has 1 N–H and O–H groups in total. The molecular formula is C63H77N3O23S3. The maximum atomic E-state index is 12.7. The third-order valence-corrected chi connectivity index (χ3v) is 14.7. The number of sulfonamides is 3. The van der Waals surface area contributed by atoms with E-state index in [9.17, 15) is 63.6 Å². The molecule has 0 saturated heterocycles. The van der Waals surface area contributed by atoms with Gasteiger partial charge in [0.25, 0.3) is 0 Å². The highest BCUT2D eigenvalue weighted by molar-refractivity contribution is 7.93. The van der Waals surface area contributed by atoms with Crippen molar-refractivity contribution in [3.05, 3.63) is 72.8 Å². The number of hydrogen-bond donors (Lipinski definition) is 1. The molecule has 500 valence electrons. The molecule has 0 unspecified atom stereocenters. The zero-order chi connectivity index (χ0) is 69.5. The largest absolute Gasteiger partial charge is 0.490 e. The van der Waals surface area contributed by atoms with Crippen LogP contribution in [0.1, 0.15) is 129 Å². The minimum Gasteiger partial charge on any atom is -0.490 e. The van der Waals surface area contributed by atoms with E-state index < -0.39 is 77.7 Å². The van der Waals surface area contributed by atoms with Gasteiger partial charge in [0, 0.05) is 87.2 Å². The Bertz CT molecular complexity index is 4160. The van der Waals surface area contributed by atoms with E-state index in [1.807, 2.05) is 13.8 Å². The van der Waals surface area contributed by atoms with Crippen molar-refractivity contribution in [1.29, 1.82) is 0 Å². The maximum absolute atomic E-state index is 12.7. The quantitative estimate of drug-likeness (QED) is 0.0460. The summed E-state index contributed by atoms with van der Waals surface area (Å²) in [5.41, 5.74) is 0.0667. The predicted molar refractivity (Wildman–Crippen MR) is 345 cm³/mol. The SMILES string of the molecule is CC(=O)Oc1cc(OC(C)C)c2cccc(N(C(C)=O)S(C)(=O)=O)c2c1OC(C)=O.CCC(=O)Oc1cc(OC(C)C)c2cccc(N(C(=O)CC)S(C)(=O)=O)c2c1OC(=O)CC.CCC(=O)Oc1cc(OC(C)C)c2cccc(NS(C)(=O)=O)c2c1OC(=O)CC. The van der Waals surface area contributed by atoms with Crippen molar-refractivity contribution in [3.8, 4) is 51.7 Å². The van der Waals surface area contributed by atoms with Crippen molar-refractivity contribution < 1.29 is 106 Å². The Morgan fingerprint density at radius 3 is 1.07 bits per heavy atom. The number of nitrogens with zero attached hydrogens (tertiary/aromatic N) is 2. The van der Waals surface area contributed by atoms with Gasteiger partial charge in [-0.05, 0) is 59.7 Å². The Balaban J connectivity index is 0.000000295. The molecule has 0 radical (unpaired) electrons. The smallest absolute Gasteiger partial charge is 0.311 e. The Labute approximate surface area is 534 Å². The summed E-state index contributed by atoms with van der Waals surface area (Å²) in [6.45, 7) is 22.2.